The molecule has 5 aromatic carbocycles. The summed E-state index contributed by atoms with van der Waals surface area (Å²) in [6, 6.07) is 65.6. The van der Waals surface area contributed by atoms with Gasteiger partial charge in [0.15, 0.2) is 11.5 Å². The minimum atomic E-state index is -0.101. The molecular formula is C101H110N20O11. The molecule has 16 heterocycles. The van der Waals surface area contributed by atoms with Crippen molar-refractivity contribution in [1.29, 1.82) is 0 Å². The second kappa shape index (κ2) is 40.2. The summed E-state index contributed by atoms with van der Waals surface area (Å²) < 4.78 is 39.9. The third-order valence-corrected chi connectivity index (χ3v) is 24.3. The molecule has 132 heavy (non-hydrogen) atoms. The molecule has 6 aliphatic heterocycles. The molecule has 31 heteroatoms. The SMILES string of the molecule is COc1cccc(-c2cc(=O)n3cc(N4CCN(C)CC4)ccc3n2)c1.COc1cccc(-c2cc(=O)n3cc(N4CCNCC4)ccc3n2)c1.COc1cccc(-c2cc(=O)n3cc(N4CCN[C@H](C)C4)ccc3n2)c1.COc1cccc(-c2cc(=O)n3cc(N4C[C@@H](C)N[C@@H](C)C4)ccc3n2)c1.C[C@@H]1CN(c2ccc3nc(-c4ccc5c(c4)OCO5)cc(=O)n3c2)C[C@H](C)N1. The highest BCUT2D eigenvalue weighted by Crippen LogP contribution is 2.36. The van der Waals surface area contributed by atoms with Crippen LogP contribution in [0.25, 0.3) is 84.5 Å². The Morgan fingerprint density at radius 3 is 0.932 bits per heavy atom. The average molecular weight is 1780 g/mol. The number of pyridine rings is 5. The molecule has 21 rings (SSSR count). The zero-order valence-electron chi connectivity index (χ0n) is 75.9. The van der Waals surface area contributed by atoms with Crippen molar-refractivity contribution < 1.29 is 28.4 Å². The van der Waals surface area contributed by atoms with Crippen molar-refractivity contribution in [2.75, 3.05) is 165 Å². The zero-order valence-corrected chi connectivity index (χ0v) is 75.9. The van der Waals surface area contributed by atoms with E-state index in [-0.39, 0.29) is 34.6 Å². The van der Waals surface area contributed by atoms with Gasteiger partial charge in [-0.1, -0.05) is 48.5 Å². The highest BCUT2D eigenvalue weighted by Gasteiger charge is 2.26. The Labute approximate surface area is 763 Å². The number of nitrogens with zero attached hydrogens (tertiary/aromatic N) is 16. The first kappa shape index (κ1) is 89.5. The first-order valence-electron chi connectivity index (χ1n) is 44.7. The molecule has 10 aromatic heterocycles. The predicted octanol–water partition coefficient (Wildman–Crippen LogP) is 10.9. The summed E-state index contributed by atoms with van der Waals surface area (Å²) in [5, 5.41) is 13.8. The molecule has 0 spiro atoms. The molecule has 5 saturated heterocycles. The Morgan fingerprint density at radius 2 is 0.598 bits per heavy atom. The van der Waals surface area contributed by atoms with E-state index in [1.165, 1.54) is 0 Å². The normalized spacial score (nSPS) is 17.9. The predicted molar refractivity (Wildman–Crippen MR) is 520 cm³/mol. The number of anilines is 5. The van der Waals surface area contributed by atoms with Gasteiger partial charge in [0.05, 0.1) is 85.3 Å². The van der Waals surface area contributed by atoms with Gasteiger partial charge in [0.1, 0.15) is 51.2 Å². The number of methoxy groups -OCH3 is 4. The van der Waals surface area contributed by atoms with Gasteiger partial charge in [-0.25, -0.2) is 24.9 Å². The largest absolute Gasteiger partial charge is 0.497 e. The number of piperazine rings is 5. The Morgan fingerprint density at radius 1 is 0.303 bits per heavy atom. The van der Waals surface area contributed by atoms with Gasteiger partial charge >= 0.3 is 0 Å². The van der Waals surface area contributed by atoms with Crippen molar-refractivity contribution >= 4 is 56.7 Å². The molecule has 4 N–H and O–H groups in total. The van der Waals surface area contributed by atoms with E-state index in [1.807, 2.05) is 207 Å². The fourth-order valence-corrected chi connectivity index (χ4v) is 17.5. The Hall–Kier alpha value is -14.5. The summed E-state index contributed by atoms with van der Waals surface area (Å²) in [5.74, 6) is 4.37. The van der Waals surface area contributed by atoms with Crippen LogP contribution in [0.3, 0.4) is 0 Å². The molecular weight excluding hydrogens is 1670 g/mol. The fraction of sp³-hybridized carbons (Fsp3) is 0.307. The van der Waals surface area contributed by atoms with Crippen molar-refractivity contribution in [1.82, 2.24) is 73.1 Å². The minimum absolute atomic E-state index is 0.0798. The van der Waals surface area contributed by atoms with E-state index in [9.17, 15) is 24.0 Å². The number of hydrogen-bond acceptors (Lipinski definition) is 26. The molecule has 0 bridgehead atoms. The molecule has 5 atom stereocenters. The monoisotopic (exact) mass is 1780 g/mol. The lowest BCUT2D eigenvalue weighted by atomic mass is 10.1. The quantitative estimate of drug-likeness (QED) is 0.0786. The smallest absolute Gasteiger partial charge is 0.258 e. The molecule has 0 amide bonds. The van der Waals surface area contributed by atoms with E-state index in [2.05, 4.69) is 117 Å². The van der Waals surface area contributed by atoms with E-state index < -0.39 is 0 Å². The molecule has 680 valence electrons. The fourth-order valence-electron chi connectivity index (χ4n) is 17.5. The maximum absolute atomic E-state index is 12.8. The van der Waals surface area contributed by atoms with Crippen LogP contribution >= 0.6 is 0 Å². The van der Waals surface area contributed by atoms with Crippen LogP contribution < -0.4 is 102 Å². The third-order valence-electron chi connectivity index (χ3n) is 24.3. The van der Waals surface area contributed by atoms with Crippen molar-refractivity contribution in [2.45, 2.75) is 64.8 Å². The Balaban J connectivity index is 0.000000115. The maximum Gasteiger partial charge on any atom is 0.258 e. The van der Waals surface area contributed by atoms with Gasteiger partial charge in [-0.05, 0) is 169 Å². The number of aromatic nitrogens is 10. The van der Waals surface area contributed by atoms with Crippen LogP contribution in [-0.4, -0.2) is 222 Å². The summed E-state index contributed by atoms with van der Waals surface area (Å²) in [4.78, 5) is 101. The van der Waals surface area contributed by atoms with Gasteiger partial charge < -0.3 is 79.1 Å². The van der Waals surface area contributed by atoms with Gasteiger partial charge in [0, 0.05) is 218 Å². The highest BCUT2D eigenvalue weighted by molar-refractivity contribution is 5.71. The summed E-state index contributed by atoms with van der Waals surface area (Å²) >= 11 is 0. The van der Waals surface area contributed by atoms with Crippen LogP contribution in [0.4, 0.5) is 28.4 Å². The molecule has 0 radical (unpaired) electrons. The summed E-state index contributed by atoms with van der Waals surface area (Å²) in [7, 11) is 8.63. The van der Waals surface area contributed by atoms with Crippen LogP contribution in [0.5, 0.6) is 34.5 Å². The van der Waals surface area contributed by atoms with E-state index in [0.717, 1.165) is 177 Å². The number of rotatable bonds is 14. The average Bonchev–Trinajstić information content (AvgIpc) is 1.21. The van der Waals surface area contributed by atoms with Gasteiger partial charge in [-0.2, -0.15) is 0 Å². The zero-order chi connectivity index (χ0) is 91.6. The molecule has 0 unspecified atom stereocenters. The summed E-state index contributed by atoms with van der Waals surface area (Å²) in [6.45, 7) is 25.3. The Bertz CT molecular complexity index is 6990. The molecule has 0 saturated carbocycles. The van der Waals surface area contributed by atoms with E-state index in [1.54, 1.807) is 80.8 Å². The number of ether oxygens (including phenoxy) is 6. The lowest BCUT2D eigenvalue weighted by Gasteiger charge is -2.37. The molecule has 0 aliphatic carbocycles. The number of fused-ring (bicyclic) bond motifs is 6. The number of hydrogen-bond donors (Lipinski definition) is 4. The standard InChI is InChI=1S/C21H22N4O3.C21H24N4O2.2C20H22N4O2.C19H20N4O2/c1-13-9-24(10-14(2)22-13)16-4-6-20-23-17(8-21(26)25(20)11-16)15-3-5-18-19(7-15)28-12-27-18;1-14-11-24(12-15(2)22-14)17-7-8-20-23-19(10-21(26)25(20)13-17)16-5-4-6-18(9-16)27-3;1-22-8-10-23(11-9-22)16-6-7-19-21-18(13-20(25)24(19)14-16)15-4-3-5-17(12-15)26-2;1-14-12-23(9-8-21-14)16-6-7-19-22-18(11-20(25)24(19)13-16)15-4-3-5-17(10-15)26-2;1-25-16-4-2-3-14(11-16)17-12-19(24)23-13-15(5-6-18(23)21-17)22-9-7-20-8-10-22/h3-8,11,13-14,22H,9-10,12H2,1-2H3;4-10,13-15,22H,11-12H2,1-3H3;3-7,12-14H,8-11H2,1-2H3;3-7,10-11,13-14,21H,8-9,12H2,1-2H3;2-6,11-13,20H,7-10H2,1H3/t13-,14+;14-,15+;;14-;/m...1./s1. The van der Waals surface area contributed by atoms with Crippen molar-refractivity contribution in [2.24, 2.45) is 0 Å². The number of benzene rings is 5. The first-order chi connectivity index (χ1) is 64.1. The number of likely N-dealkylation sites (N-methyl/N-ethyl adjacent to an activating group) is 1. The second-order valence-electron chi connectivity index (χ2n) is 34.0. The lowest BCUT2D eigenvalue weighted by Crippen LogP contribution is -2.54. The first-order valence-corrected chi connectivity index (χ1v) is 44.7. The van der Waals surface area contributed by atoms with Gasteiger partial charge in [0.25, 0.3) is 27.8 Å². The van der Waals surface area contributed by atoms with E-state index in [4.69, 9.17) is 28.4 Å². The van der Waals surface area contributed by atoms with E-state index in [0.29, 0.717) is 98.4 Å². The minimum Gasteiger partial charge on any atom is -0.497 e. The number of nitrogens with one attached hydrogen (secondary N) is 4. The van der Waals surface area contributed by atoms with Gasteiger partial charge in [-0.3, -0.25) is 46.0 Å². The van der Waals surface area contributed by atoms with E-state index >= 15 is 0 Å². The third kappa shape index (κ3) is 20.8. The molecule has 5 fully saturated rings. The lowest BCUT2D eigenvalue weighted by molar-refractivity contribution is 0.174. The highest BCUT2D eigenvalue weighted by atomic mass is 16.7. The molecule has 15 aromatic rings. The van der Waals surface area contributed by atoms with Crippen LogP contribution in [0, 0.1) is 0 Å². The van der Waals surface area contributed by atoms with Crippen LogP contribution in [0.15, 0.2) is 261 Å². The maximum atomic E-state index is 12.8. The van der Waals surface area contributed by atoms with Crippen molar-refractivity contribution in [3.05, 3.63) is 289 Å². The summed E-state index contributed by atoms with van der Waals surface area (Å²) in [6.07, 6.45) is 9.44. The van der Waals surface area contributed by atoms with Crippen molar-refractivity contribution in [3.8, 4) is 90.8 Å². The topological polar surface area (TPSA) is 295 Å². The van der Waals surface area contributed by atoms with Crippen LogP contribution in [0.1, 0.15) is 34.6 Å². The van der Waals surface area contributed by atoms with Gasteiger partial charge in [0.2, 0.25) is 6.79 Å². The molecule has 6 aliphatic rings. The van der Waals surface area contributed by atoms with Gasteiger partial charge in [-0.15, -0.1) is 0 Å². The van der Waals surface area contributed by atoms with Crippen molar-refractivity contribution in [3.63, 3.8) is 0 Å². The van der Waals surface area contributed by atoms with Crippen LogP contribution in [-0.2, 0) is 0 Å². The molecule has 31 nitrogen and oxygen atoms in total. The second-order valence-corrected chi connectivity index (χ2v) is 34.0. The Kier molecular flexibility index (Phi) is 27.3. The van der Waals surface area contributed by atoms with Crippen LogP contribution in [0.2, 0.25) is 0 Å². The summed E-state index contributed by atoms with van der Waals surface area (Å²) in [5.41, 5.74) is 15.5.